The van der Waals surface area contributed by atoms with E-state index in [9.17, 15) is 9.59 Å². The number of benzene rings is 1. The summed E-state index contributed by atoms with van der Waals surface area (Å²) in [6.07, 6.45) is 0. The molecule has 0 saturated carbocycles. The van der Waals surface area contributed by atoms with Gasteiger partial charge in [-0.1, -0.05) is 12.1 Å². The first-order valence-corrected chi connectivity index (χ1v) is 6.28. The molecule has 5 heteroatoms. The highest BCUT2D eigenvalue weighted by atomic mass is 16.6. The summed E-state index contributed by atoms with van der Waals surface area (Å²) in [6.45, 7) is 5.26. The highest BCUT2D eigenvalue weighted by molar-refractivity contribution is 5.90. The summed E-state index contributed by atoms with van der Waals surface area (Å²) in [4.78, 5) is 23.2. The van der Waals surface area contributed by atoms with Crippen molar-refractivity contribution >= 4 is 11.9 Å². The predicted molar refractivity (Wildman–Crippen MR) is 73.3 cm³/mol. The van der Waals surface area contributed by atoms with Gasteiger partial charge in [0, 0.05) is 7.11 Å². The van der Waals surface area contributed by atoms with Gasteiger partial charge in [-0.05, 0) is 38.5 Å². The maximum atomic E-state index is 11.8. The molecule has 0 amide bonds. The molecular weight excluding hydrogens is 260 g/mol. The smallest absolute Gasteiger partial charge is 0.344 e. The van der Waals surface area contributed by atoms with E-state index in [-0.39, 0.29) is 0 Å². The highest BCUT2D eigenvalue weighted by Gasteiger charge is 2.18. The molecule has 0 fully saturated rings. The Bertz CT molecular complexity index is 473. The van der Waals surface area contributed by atoms with Crippen molar-refractivity contribution in [3.05, 3.63) is 35.4 Å². The Morgan fingerprint density at radius 2 is 1.90 bits per heavy atom. The number of methoxy groups -OCH3 is 1. The lowest BCUT2D eigenvalue weighted by atomic mass is 10.1. The molecule has 0 atom stereocenters. The van der Waals surface area contributed by atoms with Crippen LogP contribution in [0, 0.1) is 0 Å². The fraction of sp³-hybridized carbons (Fsp3) is 0.467. The molecule has 0 aliphatic rings. The molecule has 0 saturated heterocycles. The number of carbonyl (C=O) groups is 2. The van der Waals surface area contributed by atoms with Gasteiger partial charge >= 0.3 is 11.9 Å². The normalized spacial score (nSPS) is 11.0. The van der Waals surface area contributed by atoms with Crippen LogP contribution in [-0.4, -0.2) is 31.3 Å². The van der Waals surface area contributed by atoms with Crippen molar-refractivity contribution in [3.8, 4) is 0 Å². The van der Waals surface area contributed by atoms with E-state index in [1.807, 2.05) is 6.07 Å². The van der Waals surface area contributed by atoms with Gasteiger partial charge in [-0.15, -0.1) is 0 Å². The summed E-state index contributed by atoms with van der Waals surface area (Å²) in [6, 6.07) is 6.87. The third kappa shape index (κ3) is 5.84. The van der Waals surface area contributed by atoms with Crippen molar-refractivity contribution in [2.75, 3.05) is 13.7 Å². The number of carbonyl (C=O) groups excluding carboxylic acids is 2. The Kier molecular flexibility index (Phi) is 5.70. The summed E-state index contributed by atoms with van der Waals surface area (Å²) in [5.41, 5.74) is 0.643. The molecule has 0 aliphatic carbocycles. The van der Waals surface area contributed by atoms with Crippen LogP contribution in [0.15, 0.2) is 24.3 Å². The molecule has 0 N–H and O–H groups in total. The Morgan fingerprint density at radius 3 is 2.50 bits per heavy atom. The molecule has 0 heterocycles. The average Bonchev–Trinajstić information content (AvgIpc) is 2.34. The second kappa shape index (κ2) is 7.05. The van der Waals surface area contributed by atoms with E-state index in [0.717, 1.165) is 5.56 Å². The summed E-state index contributed by atoms with van der Waals surface area (Å²) in [7, 11) is 1.58. The van der Waals surface area contributed by atoms with E-state index >= 15 is 0 Å². The number of esters is 2. The fourth-order valence-electron chi connectivity index (χ4n) is 1.53. The largest absolute Gasteiger partial charge is 0.457 e. The molecule has 0 bridgehead atoms. The quantitative estimate of drug-likeness (QED) is 0.775. The van der Waals surface area contributed by atoms with Gasteiger partial charge in [-0.2, -0.15) is 0 Å². The van der Waals surface area contributed by atoms with Gasteiger partial charge in [0.25, 0.3) is 0 Å². The predicted octanol–water partition coefficient (Wildman–Crippen LogP) is 2.33. The van der Waals surface area contributed by atoms with E-state index in [1.54, 1.807) is 46.1 Å². The van der Waals surface area contributed by atoms with Crippen LogP contribution < -0.4 is 0 Å². The minimum absolute atomic E-state index is 0.378. The number of ether oxygens (including phenoxy) is 3. The molecule has 0 unspecified atom stereocenters. The number of hydrogen-bond acceptors (Lipinski definition) is 5. The van der Waals surface area contributed by atoms with E-state index in [0.29, 0.717) is 12.2 Å². The van der Waals surface area contributed by atoms with Gasteiger partial charge < -0.3 is 14.2 Å². The van der Waals surface area contributed by atoms with Gasteiger partial charge in [-0.3, -0.25) is 0 Å². The third-order valence-corrected chi connectivity index (χ3v) is 2.21. The van der Waals surface area contributed by atoms with Crippen molar-refractivity contribution in [1.82, 2.24) is 0 Å². The van der Waals surface area contributed by atoms with Crippen LogP contribution in [0.1, 0.15) is 36.7 Å². The van der Waals surface area contributed by atoms with Gasteiger partial charge in [0.2, 0.25) is 0 Å². The first kappa shape index (κ1) is 16.2. The van der Waals surface area contributed by atoms with E-state index in [1.165, 1.54) is 0 Å². The zero-order valence-electron chi connectivity index (χ0n) is 12.3. The summed E-state index contributed by atoms with van der Waals surface area (Å²) >= 11 is 0. The van der Waals surface area contributed by atoms with E-state index < -0.39 is 24.1 Å². The minimum atomic E-state index is -0.595. The summed E-state index contributed by atoms with van der Waals surface area (Å²) in [5.74, 6) is -1.13. The molecule has 1 aromatic rings. The Balaban J connectivity index is 2.54. The first-order chi connectivity index (χ1) is 9.31. The van der Waals surface area contributed by atoms with E-state index in [2.05, 4.69) is 0 Å². The maximum absolute atomic E-state index is 11.8. The van der Waals surface area contributed by atoms with Crippen molar-refractivity contribution in [3.63, 3.8) is 0 Å². The van der Waals surface area contributed by atoms with Gasteiger partial charge in [-0.25, -0.2) is 9.59 Å². The summed E-state index contributed by atoms with van der Waals surface area (Å²) in [5, 5.41) is 0. The van der Waals surface area contributed by atoms with Gasteiger partial charge in [0.15, 0.2) is 6.61 Å². The van der Waals surface area contributed by atoms with Crippen LogP contribution >= 0.6 is 0 Å². The van der Waals surface area contributed by atoms with Crippen LogP contribution in [0.4, 0.5) is 0 Å². The van der Waals surface area contributed by atoms with Gasteiger partial charge in [0.1, 0.15) is 5.60 Å². The first-order valence-electron chi connectivity index (χ1n) is 6.28. The zero-order chi connectivity index (χ0) is 15.2. The van der Waals surface area contributed by atoms with Crippen LogP contribution in [0.5, 0.6) is 0 Å². The Hall–Kier alpha value is -1.88. The molecule has 0 radical (unpaired) electrons. The minimum Gasteiger partial charge on any atom is -0.457 e. The van der Waals surface area contributed by atoms with Crippen molar-refractivity contribution in [1.29, 1.82) is 0 Å². The number of hydrogen-bond donors (Lipinski definition) is 0. The molecule has 110 valence electrons. The van der Waals surface area contributed by atoms with Crippen molar-refractivity contribution < 1.29 is 23.8 Å². The Morgan fingerprint density at radius 1 is 1.20 bits per heavy atom. The number of rotatable bonds is 5. The van der Waals surface area contributed by atoms with Crippen LogP contribution in [0.2, 0.25) is 0 Å². The third-order valence-electron chi connectivity index (χ3n) is 2.21. The molecule has 1 rings (SSSR count). The lowest BCUT2D eigenvalue weighted by Gasteiger charge is -2.19. The second-order valence-corrected chi connectivity index (χ2v) is 5.30. The van der Waals surface area contributed by atoms with Crippen LogP contribution in [0.3, 0.4) is 0 Å². The SMILES string of the molecule is COCc1cccc(C(=O)OCC(=O)OC(C)(C)C)c1. The highest BCUT2D eigenvalue weighted by Crippen LogP contribution is 2.09. The maximum Gasteiger partial charge on any atom is 0.344 e. The molecule has 1 aromatic carbocycles. The summed E-state index contributed by atoms with van der Waals surface area (Å²) < 4.78 is 15.0. The average molecular weight is 280 g/mol. The molecule has 5 nitrogen and oxygen atoms in total. The van der Waals surface area contributed by atoms with Crippen LogP contribution in [-0.2, 0) is 25.6 Å². The molecular formula is C15H20O5. The lowest BCUT2D eigenvalue weighted by molar-refractivity contribution is -0.158. The van der Waals surface area contributed by atoms with Crippen molar-refractivity contribution in [2.24, 2.45) is 0 Å². The molecule has 20 heavy (non-hydrogen) atoms. The lowest BCUT2D eigenvalue weighted by Crippen LogP contribution is -2.27. The van der Waals surface area contributed by atoms with Crippen LogP contribution in [0.25, 0.3) is 0 Å². The van der Waals surface area contributed by atoms with Crippen molar-refractivity contribution in [2.45, 2.75) is 33.0 Å². The topological polar surface area (TPSA) is 61.8 Å². The van der Waals surface area contributed by atoms with Gasteiger partial charge in [0.05, 0.1) is 12.2 Å². The standard InChI is InChI=1S/C15H20O5/c1-15(2,3)20-13(16)10-19-14(17)12-7-5-6-11(8-12)9-18-4/h5-8H,9-10H2,1-4H3. The molecule has 0 aromatic heterocycles. The molecule has 0 aliphatic heterocycles. The second-order valence-electron chi connectivity index (χ2n) is 5.30. The monoisotopic (exact) mass is 280 g/mol. The Labute approximate surface area is 118 Å². The zero-order valence-corrected chi connectivity index (χ0v) is 12.3. The molecule has 0 spiro atoms. The fourth-order valence-corrected chi connectivity index (χ4v) is 1.53. The van der Waals surface area contributed by atoms with E-state index in [4.69, 9.17) is 14.2 Å².